The molecule has 1 aromatic heterocycles. The lowest BCUT2D eigenvalue weighted by Gasteiger charge is -2.24. The van der Waals surface area contributed by atoms with Gasteiger partial charge in [0.25, 0.3) is 0 Å². The molecule has 5 heteroatoms. The van der Waals surface area contributed by atoms with Gasteiger partial charge in [-0.25, -0.2) is 4.98 Å². The van der Waals surface area contributed by atoms with Crippen LogP contribution in [0.25, 0.3) is 17.1 Å². The van der Waals surface area contributed by atoms with Crippen LogP contribution in [-0.4, -0.2) is 48.3 Å². The highest BCUT2D eigenvalue weighted by atomic mass is 16.5. The lowest BCUT2D eigenvalue weighted by atomic mass is 10.1. The van der Waals surface area contributed by atoms with E-state index in [0.29, 0.717) is 6.61 Å². The molecular formula is C21H23N3O2. The summed E-state index contributed by atoms with van der Waals surface area (Å²) in [7, 11) is 3.81. The van der Waals surface area contributed by atoms with Gasteiger partial charge in [-0.1, -0.05) is 24.3 Å². The number of ether oxygens (including phenoxy) is 2. The maximum atomic E-state index is 5.93. The molecule has 4 rings (SSSR count). The van der Waals surface area contributed by atoms with Crippen molar-refractivity contribution < 1.29 is 9.47 Å². The zero-order valence-electron chi connectivity index (χ0n) is 15.2. The van der Waals surface area contributed by atoms with Crippen LogP contribution in [-0.2, 0) is 6.54 Å². The second-order valence-corrected chi connectivity index (χ2v) is 6.63. The Labute approximate surface area is 153 Å². The van der Waals surface area contributed by atoms with Crippen molar-refractivity contribution in [2.75, 3.05) is 33.9 Å². The van der Waals surface area contributed by atoms with Crippen molar-refractivity contribution in [2.45, 2.75) is 6.54 Å². The smallest absolute Gasteiger partial charge is 0.168 e. The average molecular weight is 349 g/mol. The molecule has 3 aromatic rings. The highest BCUT2D eigenvalue weighted by molar-refractivity contribution is 5.74. The largest absolute Gasteiger partial charge is 0.493 e. The van der Waals surface area contributed by atoms with Crippen LogP contribution in [0.4, 0.5) is 0 Å². The van der Waals surface area contributed by atoms with Gasteiger partial charge >= 0.3 is 0 Å². The molecule has 0 N–H and O–H groups in total. The fraction of sp³-hybridized carbons (Fsp3) is 0.286. The van der Waals surface area contributed by atoms with Crippen LogP contribution in [0.1, 0.15) is 5.56 Å². The molecule has 26 heavy (non-hydrogen) atoms. The van der Waals surface area contributed by atoms with Crippen LogP contribution < -0.4 is 9.47 Å². The number of methoxy groups -OCH3 is 1. The number of hydrogen-bond acceptors (Lipinski definition) is 4. The monoisotopic (exact) mass is 349 g/mol. The number of likely N-dealkylation sites (N-methyl/N-ethyl adjacent to an activating group) is 1. The quantitative estimate of drug-likeness (QED) is 0.683. The van der Waals surface area contributed by atoms with E-state index >= 15 is 0 Å². The van der Waals surface area contributed by atoms with Crippen LogP contribution in [0, 0.1) is 0 Å². The second kappa shape index (κ2) is 7.22. The van der Waals surface area contributed by atoms with Gasteiger partial charge in [0, 0.05) is 25.2 Å². The Morgan fingerprint density at radius 2 is 2.08 bits per heavy atom. The first kappa shape index (κ1) is 16.7. The minimum absolute atomic E-state index is 0.603. The van der Waals surface area contributed by atoms with Crippen molar-refractivity contribution in [1.82, 2.24) is 14.5 Å². The van der Waals surface area contributed by atoms with Gasteiger partial charge in [-0.2, -0.15) is 0 Å². The summed E-state index contributed by atoms with van der Waals surface area (Å²) in [5.74, 6) is 1.63. The van der Waals surface area contributed by atoms with E-state index in [-0.39, 0.29) is 0 Å². The number of hydrogen-bond donors (Lipinski definition) is 0. The Morgan fingerprint density at radius 1 is 1.19 bits per heavy atom. The van der Waals surface area contributed by atoms with Crippen LogP contribution in [0.5, 0.6) is 11.5 Å². The van der Waals surface area contributed by atoms with Gasteiger partial charge in [0.2, 0.25) is 0 Å². The third kappa shape index (κ3) is 3.30. The van der Waals surface area contributed by atoms with Crippen LogP contribution >= 0.6 is 0 Å². The fourth-order valence-electron chi connectivity index (χ4n) is 3.37. The first-order valence-corrected chi connectivity index (χ1v) is 8.82. The van der Waals surface area contributed by atoms with Crippen molar-refractivity contribution in [3.05, 3.63) is 59.9 Å². The number of fused-ring (bicyclic) bond motifs is 2. The predicted octanol–water partition coefficient (Wildman–Crippen LogP) is 3.45. The molecule has 5 nitrogen and oxygen atoms in total. The van der Waals surface area contributed by atoms with Crippen molar-refractivity contribution in [3.63, 3.8) is 0 Å². The van der Waals surface area contributed by atoms with Crippen LogP contribution in [0.3, 0.4) is 0 Å². The predicted molar refractivity (Wildman–Crippen MR) is 104 cm³/mol. The summed E-state index contributed by atoms with van der Waals surface area (Å²) >= 11 is 0. The maximum Gasteiger partial charge on any atom is 0.168 e. The van der Waals surface area contributed by atoms with E-state index < -0.39 is 0 Å². The Bertz CT molecular complexity index is 945. The van der Waals surface area contributed by atoms with Gasteiger partial charge < -0.3 is 18.9 Å². The normalized spacial score (nSPS) is 13.4. The molecule has 0 amide bonds. The van der Waals surface area contributed by atoms with Crippen molar-refractivity contribution in [3.8, 4) is 11.5 Å². The topological polar surface area (TPSA) is 39.5 Å². The van der Waals surface area contributed by atoms with Crippen LogP contribution in [0.2, 0.25) is 0 Å². The summed E-state index contributed by atoms with van der Waals surface area (Å²) in [6, 6.07) is 14.2. The lowest BCUT2D eigenvalue weighted by Crippen LogP contribution is -2.27. The molecular weight excluding hydrogens is 326 g/mol. The van der Waals surface area contributed by atoms with Gasteiger partial charge in [0.05, 0.1) is 24.5 Å². The van der Waals surface area contributed by atoms with Gasteiger partial charge in [-0.15, -0.1) is 0 Å². The lowest BCUT2D eigenvalue weighted by molar-refractivity contribution is 0.289. The zero-order chi connectivity index (χ0) is 17.9. The Hall–Kier alpha value is -2.79. The number of imidazole rings is 1. The molecule has 134 valence electrons. The fourth-order valence-corrected chi connectivity index (χ4v) is 3.37. The molecule has 0 bridgehead atoms. The summed E-state index contributed by atoms with van der Waals surface area (Å²) in [4.78, 5) is 6.77. The summed E-state index contributed by atoms with van der Waals surface area (Å²) in [5, 5.41) is 0. The SMILES string of the molecule is COc1cccc2c1OCC(CN(C)CCn1cnc3ccccc31)=C2. The minimum Gasteiger partial charge on any atom is -0.493 e. The van der Waals surface area contributed by atoms with Gasteiger partial charge in [-0.05, 0) is 36.9 Å². The van der Waals surface area contributed by atoms with Gasteiger partial charge in [-0.3, -0.25) is 0 Å². The Morgan fingerprint density at radius 3 is 2.96 bits per heavy atom. The summed E-state index contributed by atoms with van der Waals surface area (Å²) in [6.45, 7) is 3.34. The summed E-state index contributed by atoms with van der Waals surface area (Å²) < 4.78 is 13.5. The maximum absolute atomic E-state index is 5.93. The molecule has 0 saturated heterocycles. The minimum atomic E-state index is 0.603. The zero-order valence-corrected chi connectivity index (χ0v) is 15.2. The Balaban J connectivity index is 1.40. The molecule has 0 aliphatic carbocycles. The number of benzene rings is 2. The summed E-state index contributed by atoms with van der Waals surface area (Å²) in [5.41, 5.74) is 4.58. The molecule has 2 heterocycles. The molecule has 2 aromatic carbocycles. The van der Waals surface area contributed by atoms with Gasteiger partial charge in [0.15, 0.2) is 11.5 Å². The number of para-hydroxylation sites is 3. The molecule has 1 aliphatic heterocycles. The molecule has 0 fully saturated rings. The molecule has 0 radical (unpaired) electrons. The van der Waals surface area contributed by atoms with Crippen molar-refractivity contribution >= 4 is 17.1 Å². The average Bonchev–Trinajstić information content (AvgIpc) is 3.09. The van der Waals surface area contributed by atoms with E-state index in [2.05, 4.69) is 45.8 Å². The number of rotatable bonds is 6. The third-order valence-corrected chi connectivity index (χ3v) is 4.71. The highest BCUT2D eigenvalue weighted by Gasteiger charge is 2.16. The first-order valence-electron chi connectivity index (χ1n) is 8.82. The summed E-state index contributed by atoms with van der Waals surface area (Å²) in [6.07, 6.45) is 4.13. The van der Waals surface area contributed by atoms with E-state index in [1.807, 2.05) is 30.6 Å². The molecule has 1 aliphatic rings. The Kier molecular flexibility index (Phi) is 4.63. The second-order valence-electron chi connectivity index (χ2n) is 6.63. The van der Waals surface area contributed by atoms with E-state index in [0.717, 1.165) is 42.2 Å². The molecule has 0 saturated carbocycles. The molecule has 0 unspecified atom stereocenters. The first-order chi connectivity index (χ1) is 12.7. The standard InChI is InChI=1S/C21H23N3O2/c1-23(10-11-24-15-22-18-7-3-4-8-19(18)24)13-16-12-17-6-5-9-20(25-2)21(17)26-14-16/h3-9,12,15H,10-11,13-14H2,1-2H3. The highest BCUT2D eigenvalue weighted by Crippen LogP contribution is 2.35. The van der Waals surface area contributed by atoms with Crippen molar-refractivity contribution in [2.24, 2.45) is 0 Å². The molecule has 0 spiro atoms. The van der Waals surface area contributed by atoms with E-state index in [4.69, 9.17) is 9.47 Å². The van der Waals surface area contributed by atoms with E-state index in [1.54, 1.807) is 7.11 Å². The number of nitrogens with zero attached hydrogens (tertiary/aromatic N) is 3. The molecule has 0 atom stereocenters. The number of aromatic nitrogens is 2. The van der Waals surface area contributed by atoms with Crippen LogP contribution in [0.15, 0.2) is 54.4 Å². The van der Waals surface area contributed by atoms with E-state index in [1.165, 1.54) is 11.1 Å². The van der Waals surface area contributed by atoms with Gasteiger partial charge in [0.1, 0.15) is 6.61 Å². The third-order valence-electron chi connectivity index (χ3n) is 4.71. The van der Waals surface area contributed by atoms with Crippen molar-refractivity contribution in [1.29, 1.82) is 0 Å². The van der Waals surface area contributed by atoms with E-state index in [9.17, 15) is 0 Å².